The molecule has 2 aliphatic rings. The molecule has 0 amide bonds. The summed E-state index contributed by atoms with van der Waals surface area (Å²) in [5.74, 6) is -0.111. The highest BCUT2D eigenvalue weighted by molar-refractivity contribution is 7.91. The largest absolute Gasteiger partial charge is 0.457 e. The molecule has 3 rings (SSSR count). The van der Waals surface area contributed by atoms with Gasteiger partial charge in [0.25, 0.3) is 0 Å². The minimum atomic E-state index is -2.95. The van der Waals surface area contributed by atoms with Crippen molar-refractivity contribution < 1.29 is 17.9 Å². The molecule has 21 heavy (non-hydrogen) atoms. The SMILES string of the molecule is O=C(C[C@H]1CCS(=O)(=O)C1)O[C@H]1CCc2c(Cl)cccc21. The van der Waals surface area contributed by atoms with Gasteiger partial charge in [-0.15, -0.1) is 0 Å². The summed E-state index contributed by atoms with van der Waals surface area (Å²) in [6.45, 7) is 0. The predicted molar refractivity (Wildman–Crippen MR) is 80.0 cm³/mol. The number of fused-ring (bicyclic) bond motifs is 1. The van der Waals surface area contributed by atoms with Crippen LogP contribution in [0.4, 0.5) is 0 Å². The molecule has 0 spiro atoms. The molecule has 1 aromatic rings. The van der Waals surface area contributed by atoms with E-state index >= 15 is 0 Å². The first-order chi connectivity index (χ1) is 9.94. The molecular formula is C15H17ClO4S. The molecule has 0 radical (unpaired) electrons. The molecule has 6 heteroatoms. The summed E-state index contributed by atoms with van der Waals surface area (Å²) in [6.07, 6.45) is 2.05. The Morgan fingerprint density at radius 3 is 2.86 bits per heavy atom. The zero-order valence-corrected chi connectivity index (χ0v) is 13.1. The Morgan fingerprint density at radius 1 is 1.33 bits per heavy atom. The highest BCUT2D eigenvalue weighted by Crippen LogP contribution is 2.38. The molecule has 1 aromatic carbocycles. The van der Waals surface area contributed by atoms with Crippen LogP contribution in [0.2, 0.25) is 5.02 Å². The monoisotopic (exact) mass is 328 g/mol. The van der Waals surface area contributed by atoms with Gasteiger partial charge in [-0.05, 0) is 42.4 Å². The number of esters is 1. The third-order valence-corrected chi connectivity index (χ3v) is 6.41. The fourth-order valence-electron chi connectivity index (χ4n) is 3.17. The normalized spacial score (nSPS) is 26.5. The maximum atomic E-state index is 12.0. The van der Waals surface area contributed by atoms with Crippen molar-refractivity contribution in [1.82, 2.24) is 0 Å². The van der Waals surface area contributed by atoms with Crippen LogP contribution in [0.15, 0.2) is 18.2 Å². The summed E-state index contributed by atoms with van der Waals surface area (Å²) in [5, 5.41) is 0.716. The fourth-order valence-corrected chi connectivity index (χ4v) is 5.31. The van der Waals surface area contributed by atoms with E-state index in [2.05, 4.69) is 0 Å². The third-order valence-electron chi connectivity index (χ3n) is 4.21. The zero-order chi connectivity index (χ0) is 15.0. The third kappa shape index (κ3) is 3.24. The molecule has 1 fully saturated rings. The lowest BCUT2D eigenvalue weighted by atomic mass is 10.1. The highest BCUT2D eigenvalue weighted by Gasteiger charge is 2.32. The lowest BCUT2D eigenvalue weighted by molar-refractivity contribution is -0.150. The molecule has 4 nitrogen and oxygen atoms in total. The maximum absolute atomic E-state index is 12.0. The van der Waals surface area contributed by atoms with E-state index in [4.69, 9.17) is 16.3 Å². The van der Waals surface area contributed by atoms with Crippen molar-refractivity contribution in [3.63, 3.8) is 0 Å². The molecule has 1 aliphatic heterocycles. The van der Waals surface area contributed by atoms with E-state index in [1.54, 1.807) is 0 Å². The van der Waals surface area contributed by atoms with E-state index in [0.717, 1.165) is 24.0 Å². The van der Waals surface area contributed by atoms with Gasteiger partial charge in [0.1, 0.15) is 6.10 Å². The van der Waals surface area contributed by atoms with Gasteiger partial charge in [-0.3, -0.25) is 4.79 Å². The van der Waals surface area contributed by atoms with E-state index in [1.807, 2.05) is 18.2 Å². The smallest absolute Gasteiger partial charge is 0.306 e. The molecule has 0 bridgehead atoms. The minimum Gasteiger partial charge on any atom is -0.457 e. The molecule has 0 unspecified atom stereocenters. The molecule has 2 atom stereocenters. The number of ether oxygens (including phenoxy) is 1. The van der Waals surface area contributed by atoms with Crippen molar-refractivity contribution in [2.75, 3.05) is 11.5 Å². The van der Waals surface area contributed by atoms with Crippen LogP contribution >= 0.6 is 11.6 Å². The van der Waals surface area contributed by atoms with Gasteiger partial charge in [0, 0.05) is 11.4 Å². The van der Waals surface area contributed by atoms with Crippen molar-refractivity contribution in [3.8, 4) is 0 Å². The second-order valence-electron chi connectivity index (χ2n) is 5.80. The average molecular weight is 329 g/mol. The Balaban J connectivity index is 1.61. The zero-order valence-electron chi connectivity index (χ0n) is 11.5. The molecule has 1 aliphatic carbocycles. The first kappa shape index (κ1) is 14.9. The van der Waals surface area contributed by atoms with Gasteiger partial charge in [0.05, 0.1) is 11.5 Å². The first-order valence-corrected chi connectivity index (χ1v) is 9.32. The van der Waals surface area contributed by atoms with Crippen LogP contribution in [0, 0.1) is 5.92 Å². The molecular weight excluding hydrogens is 312 g/mol. The molecule has 0 saturated carbocycles. The van der Waals surface area contributed by atoms with Crippen molar-refractivity contribution in [2.45, 2.75) is 31.8 Å². The second-order valence-corrected chi connectivity index (χ2v) is 8.43. The first-order valence-electron chi connectivity index (χ1n) is 7.12. The summed E-state index contributed by atoms with van der Waals surface area (Å²) in [4.78, 5) is 12.0. The highest BCUT2D eigenvalue weighted by atomic mass is 35.5. The standard InChI is InChI=1S/C15H17ClO4S/c16-13-3-1-2-12-11(13)4-5-14(12)20-15(17)8-10-6-7-21(18,19)9-10/h1-3,10,14H,4-9H2/t10-,14+/m1/s1. The number of rotatable bonds is 3. The number of halogens is 1. The molecule has 114 valence electrons. The van der Waals surface area contributed by atoms with Crippen molar-refractivity contribution in [2.24, 2.45) is 5.92 Å². The van der Waals surface area contributed by atoms with Crippen molar-refractivity contribution in [3.05, 3.63) is 34.3 Å². The van der Waals surface area contributed by atoms with E-state index < -0.39 is 9.84 Å². The fraction of sp³-hybridized carbons (Fsp3) is 0.533. The Labute approximate surface area is 129 Å². The Morgan fingerprint density at radius 2 is 2.14 bits per heavy atom. The number of carbonyl (C=O) groups excluding carboxylic acids is 1. The van der Waals surface area contributed by atoms with Gasteiger partial charge >= 0.3 is 5.97 Å². The summed E-state index contributed by atoms with van der Waals surface area (Å²) in [5.41, 5.74) is 2.04. The number of hydrogen-bond donors (Lipinski definition) is 0. The Hall–Kier alpha value is -1.07. The van der Waals surface area contributed by atoms with Gasteiger partial charge in [-0.25, -0.2) is 8.42 Å². The lowest BCUT2D eigenvalue weighted by Gasteiger charge is -2.15. The number of benzene rings is 1. The van der Waals surface area contributed by atoms with Crippen molar-refractivity contribution in [1.29, 1.82) is 0 Å². The maximum Gasteiger partial charge on any atom is 0.306 e. The Kier molecular flexibility index (Phi) is 3.97. The summed E-state index contributed by atoms with van der Waals surface area (Å²) < 4.78 is 28.3. The van der Waals surface area contributed by atoms with Gasteiger partial charge in [-0.2, -0.15) is 0 Å². The minimum absolute atomic E-state index is 0.0947. The average Bonchev–Trinajstić information content (AvgIpc) is 2.95. The van der Waals surface area contributed by atoms with Crippen LogP contribution in [-0.4, -0.2) is 25.9 Å². The lowest BCUT2D eigenvalue weighted by Crippen LogP contribution is -2.15. The molecule has 1 saturated heterocycles. The van der Waals surface area contributed by atoms with Crippen LogP contribution < -0.4 is 0 Å². The number of hydrogen-bond acceptors (Lipinski definition) is 4. The molecule has 0 N–H and O–H groups in total. The van der Waals surface area contributed by atoms with Crippen LogP contribution in [0.3, 0.4) is 0 Å². The van der Waals surface area contributed by atoms with E-state index in [1.165, 1.54) is 0 Å². The van der Waals surface area contributed by atoms with Gasteiger partial charge < -0.3 is 4.74 Å². The topological polar surface area (TPSA) is 60.4 Å². The summed E-state index contributed by atoms with van der Waals surface area (Å²) in [7, 11) is -2.95. The van der Waals surface area contributed by atoms with Crippen LogP contribution in [0.5, 0.6) is 0 Å². The van der Waals surface area contributed by atoms with Crippen LogP contribution in [0.25, 0.3) is 0 Å². The Bertz CT molecular complexity index is 668. The van der Waals surface area contributed by atoms with Crippen LogP contribution in [0.1, 0.15) is 36.5 Å². The van der Waals surface area contributed by atoms with Crippen LogP contribution in [-0.2, 0) is 25.8 Å². The predicted octanol–water partition coefficient (Wildman–Crippen LogP) is 2.70. The van der Waals surface area contributed by atoms with Gasteiger partial charge in [0.15, 0.2) is 9.84 Å². The molecule has 1 heterocycles. The van der Waals surface area contributed by atoms with E-state index in [9.17, 15) is 13.2 Å². The van der Waals surface area contributed by atoms with E-state index in [-0.39, 0.29) is 35.9 Å². The summed E-state index contributed by atoms with van der Waals surface area (Å²) in [6, 6.07) is 5.64. The summed E-state index contributed by atoms with van der Waals surface area (Å²) >= 11 is 6.13. The number of carbonyl (C=O) groups is 1. The quantitative estimate of drug-likeness (QED) is 0.800. The van der Waals surface area contributed by atoms with Crippen molar-refractivity contribution >= 4 is 27.4 Å². The molecule has 0 aromatic heterocycles. The van der Waals surface area contributed by atoms with E-state index in [0.29, 0.717) is 11.4 Å². The van der Waals surface area contributed by atoms with Gasteiger partial charge in [-0.1, -0.05) is 23.7 Å². The second kappa shape index (κ2) is 5.61. The van der Waals surface area contributed by atoms with Gasteiger partial charge in [0.2, 0.25) is 0 Å². The number of sulfone groups is 1.